The van der Waals surface area contributed by atoms with Gasteiger partial charge in [0.05, 0.1) is 16.1 Å². The molecule has 8 nitrogen and oxygen atoms in total. The second kappa shape index (κ2) is 13.8. The van der Waals surface area contributed by atoms with Gasteiger partial charge in [0.15, 0.2) is 11.5 Å². The van der Waals surface area contributed by atoms with Crippen molar-refractivity contribution in [3.05, 3.63) is 59.1 Å². The van der Waals surface area contributed by atoms with E-state index in [4.69, 9.17) is 19.1 Å². The predicted octanol–water partition coefficient (Wildman–Crippen LogP) is 8.98. The fourth-order valence-electron chi connectivity index (χ4n) is 6.23. The van der Waals surface area contributed by atoms with Crippen LogP contribution in [-0.2, 0) is 10.2 Å². The molecular weight excluding hydrogens is 655 g/mol. The van der Waals surface area contributed by atoms with Gasteiger partial charge in [0.1, 0.15) is 27.4 Å². The van der Waals surface area contributed by atoms with Crippen LogP contribution in [0.5, 0.6) is 17.2 Å². The summed E-state index contributed by atoms with van der Waals surface area (Å²) in [6, 6.07) is 16.1. The Morgan fingerprint density at radius 3 is 2.04 bits per heavy atom. The number of carbonyl (C=O) groups is 1. The summed E-state index contributed by atoms with van der Waals surface area (Å²) in [5.74, 6) is 2.69. The van der Waals surface area contributed by atoms with E-state index < -0.39 is 15.1 Å². The van der Waals surface area contributed by atoms with E-state index in [0.29, 0.717) is 17.3 Å². The highest BCUT2D eigenvalue weighted by Gasteiger charge is 2.37. The van der Waals surface area contributed by atoms with Crippen LogP contribution in [0.1, 0.15) is 59.0 Å². The quantitative estimate of drug-likeness (QED) is 0.153. The molecule has 6 rings (SSSR count). The van der Waals surface area contributed by atoms with E-state index in [9.17, 15) is 4.79 Å². The topological polar surface area (TPSA) is 70.5 Å². The van der Waals surface area contributed by atoms with Crippen molar-refractivity contribution in [2.24, 2.45) is 4.99 Å². The third-order valence-electron chi connectivity index (χ3n) is 8.87. The Bertz CT molecular complexity index is 1800. The SMILES string of the molecule is CCN(CC)c1ccc2c(c1)Oc1cc(N(CC)CC)ccc1N2C(=O)C1CSC(c2nc3c(O[SiH](C)C)cc(C(C)(C)C)cc3s2)=N1. The first-order chi connectivity index (χ1) is 22.9. The van der Waals surface area contributed by atoms with Gasteiger partial charge in [-0.05, 0) is 88.2 Å². The Balaban J connectivity index is 1.38. The molecule has 0 fully saturated rings. The molecule has 3 aromatic carbocycles. The van der Waals surface area contributed by atoms with E-state index in [1.165, 1.54) is 5.56 Å². The third-order valence-corrected chi connectivity index (χ3v) is 11.8. The summed E-state index contributed by atoms with van der Waals surface area (Å²) in [6.07, 6.45) is 0. The average Bonchev–Trinajstić information content (AvgIpc) is 3.72. The van der Waals surface area contributed by atoms with Gasteiger partial charge in [-0.25, -0.2) is 4.98 Å². The van der Waals surface area contributed by atoms with Gasteiger partial charge in [0.25, 0.3) is 5.91 Å². The molecular formula is C37H47N5O3S2Si. The molecule has 0 bridgehead atoms. The standard InChI is InChI=1S/C37H47N5O3S2Si/c1-10-40(11-2)24-14-16-27-29(20-24)44-30-21-25(41(12-3)13-4)15-17-28(30)42(27)36(43)26-22-46-34(38-26)35-39-33-31(45-48(8)9)18-23(37(5,6)7)19-32(33)47-35/h14-21,26,48H,10-13,22H2,1-9H3. The summed E-state index contributed by atoms with van der Waals surface area (Å²) < 4.78 is 14.0. The number of rotatable bonds is 10. The molecule has 0 saturated carbocycles. The summed E-state index contributed by atoms with van der Waals surface area (Å²) in [5.41, 5.74) is 5.70. The largest absolute Gasteiger partial charge is 0.545 e. The van der Waals surface area contributed by atoms with Crippen LogP contribution in [0.25, 0.3) is 10.2 Å². The Morgan fingerprint density at radius 1 is 0.938 bits per heavy atom. The number of hydrogen-bond donors (Lipinski definition) is 0. The van der Waals surface area contributed by atoms with E-state index in [1.54, 1.807) is 23.1 Å². The van der Waals surface area contributed by atoms with Crippen molar-refractivity contribution in [1.82, 2.24) is 4.98 Å². The van der Waals surface area contributed by atoms with Gasteiger partial charge >= 0.3 is 0 Å². The third kappa shape index (κ3) is 6.56. The Morgan fingerprint density at radius 2 is 1.52 bits per heavy atom. The molecule has 0 N–H and O–H groups in total. The lowest BCUT2D eigenvalue weighted by atomic mass is 9.87. The summed E-state index contributed by atoms with van der Waals surface area (Å²) >= 11 is 3.23. The van der Waals surface area contributed by atoms with Crippen molar-refractivity contribution >= 4 is 76.1 Å². The lowest BCUT2D eigenvalue weighted by molar-refractivity contribution is -0.118. The van der Waals surface area contributed by atoms with Crippen molar-refractivity contribution < 1.29 is 14.0 Å². The van der Waals surface area contributed by atoms with Gasteiger partial charge in [-0.1, -0.05) is 20.8 Å². The molecule has 254 valence electrons. The number of anilines is 4. The maximum atomic E-state index is 14.6. The molecule has 1 atom stereocenters. The van der Waals surface area contributed by atoms with E-state index >= 15 is 0 Å². The van der Waals surface area contributed by atoms with Gasteiger partial charge in [-0.3, -0.25) is 14.7 Å². The minimum atomic E-state index is -1.35. The van der Waals surface area contributed by atoms with E-state index in [1.807, 2.05) is 17.0 Å². The fraction of sp³-hybridized carbons (Fsp3) is 0.432. The van der Waals surface area contributed by atoms with Gasteiger partial charge in [0, 0.05) is 55.4 Å². The lowest BCUT2D eigenvalue weighted by Crippen LogP contribution is -2.37. The number of amides is 1. The maximum absolute atomic E-state index is 14.6. The van der Waals surface area contributed by atoms with Crippen LogP contribution in [0.2, 0.25) is 13.1 Å². The average molecular weight is 702 g/mol. The molecule has 4 aromatic rings. The zero-order valence-electron chi connectivity index (χ0n) is 29.6. The highest BCUT2D eigenvalue weighted by Crippen LogP contribution is 2.50. The molecule has 3 heterocycles. The minimum Gasteiger partial charge on any atom is -0.545 e. The Kier molecular flexibility index (Phi) is 9.84. The molecule has 0 aliphatic carbocycles. The van der Waals surface area contributed by atoms with Crippen molar-refractivity contribution in [2.75, 3.05) is 46.6 Å². The Labute approximate surface area is 294 Å². The van der Waals surface area contributed by atoms with Crippen LogP contribution in [0.4, 0.5) is 22.7 Å². The lowest BCUT2D eigenvalue weighted by Gasteiger charge is -2.34. The number of nitrogens with zero attached hydrogens (tertiary/aromatic N) is 5. The number of fused-ring (bicyclic) bond motifs is 3. The number of aromatic nitrogens is 1. The molecule has 11 heteroatoms. The van der Waals surface area contributed by atoms with Crippen LogP contribution < -0.4 is 23.9 Å². The minimum absolute atomic E-state index is 0.0187. The van der Waals surface area contributed by atoms with Gasteiger partial charge in [-0.2, -0.15) is 0 Å². The predicted molar refractivity (Wildman–Crippen MR) is 208 cm³/mol. The van der Waals surface area contributed by atoms with E-state index in [2.05, 4.69) is 108 Å². The smallest absolute Gasteiger partial charge is 0.257 e. The first kappa shape index (κ1) is 34.3. The highest BCUT2D eigenvalue weighted by atomic mass is 32.2. The molecule has 1 amide bonds. The second-order valence-electron chi connectivity index (χ2n) is 13.4. The monoisotopic (exact) mass is 701 g/mol. The fourth-order valence-corrected chi connectivity index (χ4v) is 9.04. The number of ether oxygens (including phenoxy) is 1. The van der Waals surface area contributed by atoms with E-state index in [-0.39, 0.29) is 11.3 Å². The normalized spacial score (nSPS) is 15.7. The van der Waals surface area contributed by atoms with Gasteiger partial charge < -0.3 is 19.0 Å². The number of hydrogen-bond acceptors (Lipinski definition) is 9. The molecule has 0 spiro atoms. The molecule has 1 aromatic heterocycles. The maximum Gasteiger partial charge on any atom is 0.257 e. The van der Waals surface area contributed by atoms with Crippen LogP contribution in [0.15, 0.2) is 53.5 Å². The van der Waals surface area contributed by atoms with Crippen molar-refractivity contribution in [3.8, 4) is 17.2 Å². The highest BCUT2D eigenvalue weighted by molar-refractivity contribution is 8.15. The van der Waals surface area contributed by atoms with Crippen molar-refractivity contribution in [3.63, 3.8) is 0 Å². The van der Waals surface area contributed by atoms with E-state index in [0.717, 1.165) is 74.9 Å². The van der Waals surface area contributed by atoms with Crippen molar-refractivity contribution in [2.45, 2.75) is 73.0 Å². The summed E-state index contributed by atoms with van der Waals surface area (Å²) in [4.78, 5) is 31.0. The first-order valence-electron chi connectivity index (χ1n) is 17.1. The van der Waals surface area contributed by atoms with Crippen LogP contribution in [-0.4, -0.2) is 62.9 Å². The molecule has 0 radical (unpaired) electrons. The Hall–Kier alpha value is -3.54. The number of thiazole rings is 1. The van der Waals surface area contributed by atoms with Gasteiger partial charge in [-0.15, -0.1) is 23.1 Å². The molecule has 2 aliphatic rings. The van der Waals surface area contributed by atoms with Crippen LogP contribution in [0.3, 0.4) is 0 Å². The number of benzene rings is 3. The number of carbonyl (C=O) groups excluding carboxylic acids is 1. The molecule has 2 aliphatic heterocycles. The van der Waals surface area contributed by atoms with Crippen LogP contribution in [0, 0.1) is 0 Å². The van der Waals surface area contributed by atoms with Gasteiger partial charge in [0.2, 0.25) is 9.04 Å². The summed E-state index contributed by atoms with van der Waals surface area (Å²) in [6.45, 7) is 23.1. The molecule has 0 saturated heterocycles. The molecule has 48 heavy (non-hydrogen) atoms. The van der Waals surface area contributed by atoms with Crippen LogP contribution >= 0.6 is 23.1 Å². The summed E-state index contributed by atoms with van der Waals surface area (Å²) in [5, 5.41) is 1.64. The summed E-state index contributed by atoms with van der Waals surface area (Å²) in [7, 11) is -1.35. The van der Waals surface area contributed by atoms with Crippen molar-refractivity contribution in [1.29, 1.82) is 0 Å². The number of aliphatic imine (C=N–C) groups is 1. The second-order valence-corrected chi connectivity index (χ2v) is 17.8. The number of thioether (sulfide) groups is 1. The zero-order valence-corrected chi connectivity index (χ0v) is 32.4. The molecule has 1 unspecified atom stereocenters. The zero-order chi connectivity index (χ0) is 34.3. The first-order valence-corrected chi connectivity index (χ1v) is 21.7.